The maximum absolute atomic E-state index is 12.6. The van der Waals surface area contributed by atoms with Crippen LogP contribution in [0.1, 0.15) is 5.56 Å². The Morgan fingerprint density at radius 2 is 1.82 bits per heavy atom. The van der Waals surface area contributed by atoms with E-state index < -0.39 is 0 Å². The Hall–Kier alpha value is -3.41. The van der Waals surface area contributed by atoms with E-state index in [1.54, 1.807) is 25.6 Å². The number of hydrogen-bond acceptors (Lipinski definition) is 5. The summed E-state index contributed by atoms with van der Waals surface area (Å²) in [7, 11) is 1.58. The second kappa shape index (κ2) is 8.08. The van der Waals surface area contributed by atoms with Crippen LogP contribution in [0.3, 0.4) is 0 Å². The second-order valence-corrected chi connectivity index (χ2v) is 6.63. The van der Waals surface area contributed by atoms with Crippen molar-refractivity contribution in [1.29, 1.82) is 0 Å². The molecule has 0 saturated carbocycles. The molecule has 0 atom stereocenters. The summed E-state index contributed by atoms with van der Waals surface area (Å²) in [5.74, 6) is 1.30. The molecule has 2 aromatic carbocycles. The molecule has 0 aliphatic carbocycles. The molecule has 0 bridgehead atoms. The largest absolute Gasteiger partial charge is 0.480 e. The summed E-state index contributed by atoms with van der Waals surface area (Å²) in [5.41, 5.74) is 1.05. The van der Waals surface area contributed by atoms with Gasteiger partial charge in [-0.3, -0.25) is 9.78 Å². The first-order chi connectivity index (χ1) is 13.7. The van der Waals surface area contributed by atoms with Crippen molar-refractivity contribution in [3.8, 4) is 5.88 Å². The number of carbonyl (C=O) groups is 1. The van der Waals surface area contributed by atoms with Crippen molar-refractivity contribution in [3.05, 3.63) is 66.5 Å². The zero-order valence-electron chi connectivity index (χ0n) is 15.8. The van der Waals surface area contributed by atoms with Crippen molar-refractivity contribution in [3.63, 3.8) is 0 Å². The molecule has 2 heterocycles. The quantitative estimate of drug-likeness (QED) is 0.657. The van der Waals surface area contributed by atoms with E-state index >= 15 is 0 Å². The molecule has 1 amide bonds. The van der Waals surface area contributed by atoms with Crippen molar-refractivity contribution in [2.45, 2.75) is 0 Å². The standard InChI is InChI=1S/C22H22N4O2/c1-28-21-16-23-15-20(24-21)25-11-13-26(14-12-25)22(27)10-9-18-7-4-6-17-5-2-3-8-19(17)18/h2-10,15-16H,11-14H2,1H3/b10-9+. The number of nitrogens with zero attached hydrogens (tertiary/aromatic N) is 4. The lowest BCUT2D eigenvalue weighted by Gasteiger charge is -2.34. The van der Waals surface area contributed by atoms with Gasteiger partial charge >= 0.3 is 0 Å². The molecule has 28 heavy (non-hydrogen) atoms. The number of anilines is 1. The van der Waals surface area contributed by atoms with Crippen LogP contribution in [0.4, 0.5) is 5.82 Å². The predicted molar refractivity (Wildman–Crippen MR) is 110 cm³/mol. The summed E-state index contributed by atoms with van der Waals surface area (Å²) in [6.07, 6.45) is 6.88. The van der Waals surface area contributed by atoms with Gasteiger partial charge in [0.25, 0.3) is 0 Å². The van der Waals surface area contributed by atoms with Gasteiger partial charge in [-0.05, 0) is 22.4 Å². The van der Waals surface area contributed by atoms with Crippen LogP contribution in [-0.4, -0.2) is 54.1 Å². The molecule has 1 fully saturated rings. The summed E-state index contributed by atoms with van der Waals surface area (Å²) in [6, 6.07) is 14.3. The molecule has 1 saturated heterocycles. The first-order valence-corrected chi connectivity index (χ1v) is 9.30. The Morgan fingerprint density at radius 1 is 1.04 bits per heavy atom. The van der Waals surface area contributed by atoms with E-state index in [2.05, 4.69) is 33.1 Å². The summed E-state index contributed by atoms with van der Waals surface area (Å²) < 4.78 is 5.14. The highest BCUT2D eigenvalue weighted by Gasteiger charge is 2.21. The molecule has 0 unspecified atom stereocenters. The molecule has 1 aliphatic heterocycles. The number of rotatable bonds is 4. The zero-order valence-corrected chi connectivity index (χ0v) is 15.8. The molecule has 1 aromatic heterocycles. The van der Waals surface area contributed by atoms with Crippen molar-refractivity contribution in [2.24, 2.45) is 0 Å². The summed E-state index contributed by atoms with van der Waals surface area (Å²) in [6.45, 7) is 2.74. The van der Waals surface area contributed by atoms with Gasteiger partial charge in [-0.25, -0.2) is 0 Å². The maximum atomic E-state index is 12.6. The number of hydrogen-bond donors (Lipinski definition) is 0. The van der Waals surface area contributed by atoms with Crippen molar-refractivity contribution in [2.75, 3.05) is 38.2 Å². The average molecular weight is 374 g/mol. The van der Waals surface area contributed by atoms with E-state index in [1.807, 2.05) is 35.2 Å². The first-order valence-electron chi connectivity index (χ1n) is 9.30. The Bertz CT molecular complexity index is 1000. The van der Waals surface area contributed by atoms with Gasteiger partial charge < -0.3 is 14.5 Å². The van der Waals surface area contributed by atoms with Gasteiger partial charge in [0.1, 0.15) is 0 Å². The Labute approximate surface area is 164 Å². The smallest absolute Gasteiger partial charge is 0.246 e. The number of benzene rings is 2. The highest BCUT2D eigenvalue weighted by Crippen LogP contribution is 2.20. The van der Waals surface area contributed by atoms with E-state index in [0.29, 0.717) is 19.0 Å². The van der Waals surface area contributed by atoms with Crippen LogP contribution in [0.2, 0.25) is 0 Å². The highest BCUT2D eigenvalue weighted by atomic mass is 16.5. The van der Waals surface area contributed by atoms with Crippen molar-refractivity contribution >= 4 is 28.6 Å². The average Bonchev–Trinajstić information content (AvgIpc) is 2.77. The van der Waals surface area contributed by atoms with Gasteiger partial charge in [-0.2, -0.15) is 4.98 Å². The van der Waals surface area contributed by atoms with Gasteiger partial charge in [-0.1, -0.05) is 42.5 Å². The van der Waals surface area contributed by atoms with Crippen LogP contribution in [0.5, 0.6) is 5.88 Å². The summed E-state index contributed by atoms with van der Waals surface area (Å²) in [4.78, 5) is 25.2. The van der Waals surface area contributed by atoms with Crippen LogP contribution >= 0.6 is 0 Å². The minimum absolute atomic E-state index is 0.0318. The SMILES string of the molecule is COc1cncc(N2CCN(C(=O)/C=C/c3cccc4ccccc34)CC2)n1. The van der Waals surface area contributed by atoms with E-state index in [9.17, 15) is 4.79 Å². The van der Waals surface area contributed by atoms with Gasteiger partial charge in [0, 0.05) is 32.3 Å². The van der Waals surface area contributed by atoms with Crippen LogP contribution in [0.15, 0.2) is 60.9 Å². The van der Waals surface area contributed by atoms with Crippen LogP contribution in [0, 0.1) is 0 Å². The fourth-order valence-corrected chi connectivity index (χ4v) is 3.41. The minimum atomic E-state index is 0.0318. The molecular formula is C22H22N4O2. The van der Waals surface area contributed by atoms with Gasteiger partial charge in [0.05, 0.1) is 19.5 Å². The number of carbonyl (C=O) groups excluding carboxylic acids is 1. The normalized spacial score (nSPS) is 14.6. The number of ether oxygens (including phenoxy) is 1. The van der Waals surface area contributed by atoms with Crippen LogP contribution < -0.4 is 9.64 Å². The van der Waals surface area contributed by atoms with E-state index in [4.69, 9.17) is 4.74 Å². The van der Waals surface area contributed by atoms with Gasteiger partial charge in [0.15, 0.2) is 5.82 Å². The zero-order chi connectivity index (χ0) is 19.3. The Balaban J connectivity index is 1.40. The second-order valence-electron chi connectivity index (χ2n) is 6.63. The highest BCUT2D eigenvalue weighted by molar-refractivity contribution is 5.96. The molecule has 6 nitrogen and oxygen atoms in total. The van der Waals surface area contributed by atoms with Crippen molar-refractivity contribution in [1.82, 2.24) is 14.9 Å². The molecular weight excluding hydrogens is 352 g/mol. The third-order valence-electron chi connectivity index (χ3n) is 4.95. The number of fused-ring (bicyclic) bond motifs is 1. The fourth-order valence-electron chi connectivity index (χ4n) is 3.41. The predicted octanol–water partition coefficient (Wildman–Crippen LogP) is 3.00. The third kappa shape index (κ3) is 3.81. The summed E-state index contributed by atoms with van der Waals surface area (Å²) in [5, 5.41) is 2.32. The first kappa shape index (κ1) is 18.0. The number of piperazine rings is 1. The number of aromatic nitrogens is 2. The monoisotopic (exact) mass is 374 g/mol. The third-order valence-corrected chi connectivity index (χ3v) is 4.95. The molecule has 0 spiro atoms. The molecule has 4 rings (SSSR count). The fraction of sp³-hybridized carbons (Fsp3) is 0.227. The lowest BCUT2D eigenvalue weighted by Crippen LogP contribution is -2.48. The molecule has 0 N–H and O–H groups in total. The van der Waals surface area contributed by atoms with Crippen LogP contribution in [0.25, 0.3) is 16.8 Å². The molecule has 0 radical (unpaired) electrons. The van der Waals surface area contributed by atoms with E-state index in [1.165, 1.54) is 5.39 Å². The lowest BCUT2D eigenvalue weighted by atomic mass is 10.0. The van der Waals surface area contributed by atoms with Crippen molar-refractivity contribution < 1.29 is 9.53 Å². The molecule has 6 heteroatoms. The number of amides is 1. The molecule has 3 aromatic rings. The van der Waals surface area contributed by atoms with Crippen LogP contribution in [-0.2, 0) is 4.79 Å². The van der Waals surface area contributed by atoms with Gasteiger partial charge in [0.2, 0.25) is 11.8 Å². The summed E-state index contributed by atoms with van der Waals surface area (Å²) >= 11 is 0. The van der Waals surface area contributed by atoms with E-state index in [0.717, 1.165) is 29.9 Å². The number of methoxy groups -OCH3 is 1. The minimum Gasteiger partial charge on any atom is -0.480 e. The Morgan fingerprint density at radius 3 is 2.64 bits per heavy atom. The topological polar surface area (TPSA) is 58.6 Å². The Kier molecular flexibility index (Phi) is 5.19. The van der Waals surface area contributed by atoms with E-state index in [-0.39, 0.29) is 5.91 Å². The molecule has 142 valence electrons. The molecule has 1 aliphatic rings. The van der Waals surface area contributed by atoms with Gasteiger partial charge in [-0.15, -0.1) is 0 Å². The lowest BCUT2D eigenvalue weighted by molar-refractivity contribution is -0.126. The maximum Gasteiger partial charge on any atom is 0.246 e.